The number of pyridine rings is 1. The smallest absolute Gasteiger partial charge is 0.339 e. The van der Waals surface area contributed by atoms with E-state index in [9.17, 15) is 9.59 Å². The van der Waals surface area contributed by atoms with Crippen molar-refractivity contribution in [3.05, 3.63) is 88.4 Å². The van der Waals surface area contributed by atoms with Crippen LogP contribution in [0.25, 0.3) is 32.4 Å². The van der Waals surface area contributed by atoms with Crippen LogP contribution in [0.2, 0.25) is 4.34 Å². The van der Waals surface area contributed by atoms with E-state index >= 15 is 0 Å². The van der Waals surface area contributed by atoms with Crippen LogP contribution in [0, 0.1) is 0 Å². The van der Waals surface area contributed by atoms with E-state index in [-0.39, 0.29) is 12.4 Å². The number of Topliss-reactive ketones (excluding diaryl/α,β-unsaturated/α-hetero) is 1. The molecule has 0 atom stereocenters. The van der Waals surface area contributed by atoms with Gasteiger partial charge in [-0.2, -0.15) is 0 Å². The maximum atomic E-state index is 13.0. The second kappa shape index (κ2) is 7.98. The minimum absolute atomic E-state index is 0.269. The minimum Gasteiger partial charge on any atom is -0.454 e. The molecule has 3 heterocycles. The number of halogens is 1. The quantitative estimate of drug-likeness (QED) is 0.260. The molecule has 0 aliphatic heterocycles. The summed E-state index contributed by atoms with van der Waals surface area (Å²) < 4.78 is 6.05. The fourth-order valence-corrected chi connectivity index (χ4v) is 4.52. The van der Waals surface area contributed by atoms with Crippen molar-refractivity contribution in [2.24, 2.45) is 0 Å². The van der Waals surface area contributed by atoms with Gasteiger partial charge in [-0.05, 0) is 30.3 Å². The van der Waals surface area contributed by atoms with Crippen LogP contribution in [-0.2, 0) is 4.74 Å². The number of rotatable bonds is 5. The van der Waals surface area contributed by atoms with Crippen molar-refractivity contribution in [2.45, 2.75) is 0 Å². The van der Waals surface area contributed by atoms with E-state index in [1.54, 1.807) is 18.3 Å². The van der Waals surface area contributed by atoms with Gasteiger partial charge in [-0.15, -0.1) is 11.3 Å². The van der Waals surface area contributed by atoms with Crippen LogP contribution in [0.1, 0.15) is 20.7 Å². The van der Waals surface area contributed by atoms with Gasteiger partial charge in [0.2, 0.25) is 5.78 Å². The average molecular weight is 447 g/mol. The Hall–Kier alpha value is -3.48. The van der Waals surface area contributed by atoms with Gasteiger partial charge >= 0.3 is 5.97 Å². The predicted octanol–water partition coefficient (Wildman–Crippen LogP) is 6.14. The minimum atomic E-state index is -0.573. The second-order valence-corrected chi connectivity index (χ2v) is 8.64. The summed E-state index contributed by atoms with van der Waals surface area (Å²) in [5.41, 5.74) is 3.01. The number of H-pyrrole nitrogens is 1. The largest absolute Gasteiger partial charge is 0.454 e. The highest BCUT2D eigenvalue weighted by Gasteiger charge is 2.19. The van der Waals surface area contributed by atoms with Crippen molar-refractivity contribution in [2.75, 3.05) is 6.61 Å². The Morgan fingerprint density at radius 1 is 0.968 bits per heavy atom. The number of hydrogen-bond donors (Lipinski definition) is 1. The van der Waals surface area contributed by atoms with E-state index < -0.39 is 5.97 Å². The number of ether oxygens (including phenoxy) is 1. The lowest BCUT2D eigenvalue weighted by Gasteiger charge is -2.09. The van der Waals surface area contributed by atoms with Crippen LogP contribution >= 0.6 is 22.9 Å². The molecule has 3 aromatic heterocycles. The number of thiophene rings is 1. The van der Waals surface area contributed by atoms with Gasteiger partial charge < -0.3 is 9.72 Å². The average Bonchev–Trinajstić information content (AvgIpc) is 3.43. The van der Waals surface area contributed by atoms with Gasteiger partial charge in [-0.25, -0.2) is 9.78 Å². The number of fused-ring (bicyclic) bond motifs is 2. The monoisotopic (exact) mass is 446 g/mol. The fourth-order valence-electron chi connectivity index (χ4n) is 3.51. The van der Waals surface area contributed by atoms with Crippen LogP contribution in [0.15, 0.2) is 72.9 Å². The van der Waals surface area contributed by atoms with Crippen molar-refractivity contribution in [1.82, 2.24) is 9.97 Å². The highest BCUT2D eigenvalue weighted by atomic mass is 35.5. The Labute approximate surface area is 186 Å². The van der Waals surface area contributed by atoms with Crippen molar-refractivity contribution >= 4 is 56.5 Å². The highest BCUT2D eigenvalue weighted by molar-refractivity contribution is 7.19. The SMILES string of the molecule is O=C(OCC(=O)c1c[nH]c2ccccc12)c1cc(-c2ccc(Cl)s2)nc2ccccc12. The molecule has 152 valence electrons. The van der Waals surface area contributed by atoms with Crippen LogP contribution in [0.5, 0.6) is 0 Å². The number of aromatic amines is 1. The van der Waals surface area contributed by atoms with Gasteiger partial charge in [0.25, 0.3) is 0 Å². The number of aromatic nitrogens is 2. The lowest BCUT2D eigenvalue weighted by molar-refractivity contribution is 0.0477. The number of para-hydroxylation sites is 2. The van der Waals surface area contributed by atoms with Gasteiger partial charge in [-0.1, -0.05) is 48.0 Å². The topological polar surface area (TPSA) is 72.1 Å². The molecule has 0 aliphatic carbocycles. The van der Waals surface area contributed by atoms with E-state index in [0.29, 0.717) is 32.1 Å². The van der Waals surface area contributed by atoms with Crippen LogP contribution in [0.4, 0.5) is 0 Å². The van der Waals surface area contributed by atoms with Gasteiger partial charge in [0, 0.05) is 28.0 Å². The maximum absolute atomic E-state index is 13.0. The molecule has 2 aromatic carbocycles. The third kappa shape index (κ3) is 3.71. The van der Waals surface area contributed by atoms with Crippen LogP contribution in [0.3, 0.4) is 0 Å². The molecule has 0 saturated carbocycles. The summed E-state index contributed by atoms with van der Waals surface area (Å²) in [6.45, 7) is -0.350. The Balaban J connectivity index is 1.44. The lowest BCUT2D eigenvalue weighted by Crippen LogP contribution is -2.14. The van der Waals surface area contributed by atoms with E-state index in [4.69, 9.17) is 16.3 Å². The first kappa shape index (κ1) is 19.5. The molecule has 7 heteroatoms. The van der Waals surface area contributed by atoms with Crippen LogP contribution < -0.4 is 0 Å². The first-order valence-electron chi connectivity index (χ1n) is 9.52. The molecule has 0 aliphatic rings. The third-order valence-corrected chi connectivity index (χ3v) is 6.24. The number of ketones is 1. The Bertz CT molecular complexity index is 1450. The number of carbonyl (C=O) groups excluding carboxylic acids is 2. The number of esters is 1. The number of hydrogen-bond acceptors (Lipinski definition) is 5. The standard InChI is InChI=1S/C24H15ClN2O3S/c25-23-10-9-22(31-23)20-11-16(14-5-2-4-8-19(14)27-20)24(29)30-13-21(28)17-12-26-18-7-3-1-6-15(17)18/h1-12,26H,13H2. The molecular weight excluding hydrogens is 432 g/mol. The van der Waals surface area contributed by atoms with Crippen molar-refractivity contribution in [3.8, 4) is 10.6 Å². The predicted molar refractivity (Wildman–Crippen MR) is 123 cm³/mol. The molecule has 0 spiro atoms. The Morgan fingerprint density at radius 3 is 2.55 bits per heavy atom. The zero-order chi connectivity index (χ0) is 21.4. The lowest BCUT2D eigenvalue weighted by atomic mass is 10.1. The summed E-state index contributed by atoms with van der Waals surface area (Å²) in [6.07, 6.45) is 1.64. The van der Waals surface area contributed by atoms with Crippen molar-refractivity contribution < 1.29 is 14.3 Å². The Morgan fingerprint density at radius 2 is 1.74 bits per heavy atom. The molecule has 31 heavy (non-hydrogen) atoms. The van der Waals surface area contributed by atoms with Gasteiger partial charge in [-0.3, -0.25) is 4.79 Å². The third-order valence-electron chi connectivity index (χ3n) is 4.99. The number of nitrogens with zero attached hydrogens (tertiary/aromatic N) is 1. The normalized spacial score (nSPS) is 11.1. The molecule has 0 unspecified atom stereocenters. The first-order valence-corrected chi connectivity index (χ1v) is 10.7. The van der Waals surface area contributed by atoms with Crippen LogP contribution in [-0.4, -0.2) is 28.3 Å². The van der Waals surface area contributed by atoms with E-state index in [1.165, 1.54) is 11.3 Å². The summed E-state index contributed by atoms with van der Waals surface area (Å²) in [4.78, 5) is 34.2. The second-order valence-electron chi connectivity index (χ2n) is 6.92. The van der Waals surface area contributed by atoms with E-state index in [1.807, 2.05) is 54.6 Å². The molecule has 0 saturated heterocycles. The number of carbonyl (C=O) groups is 2. The summed E-state index contributed by atoms with van der Waals surface area (Å²) >= 11 is 7.45. The maximum Gasteiger partial charge on any atom is 0.339 e. The number of benzene rings is 2. The first-order chi connectivity index (χ1) is 15.1. The van der Waals surface area contributed by atoms with Gasteiger partial charge in [0.1, 0.15) is 0 Å². The van der Waals surface area contributed by atoms with Gasteiger partial charge in [0.15, 0.2) is 6.61 Å². The summed E-state index contributed by atoms with van der Waals surface area (Å²) in [5, 5.41) is 1.47. The Kier molecular flexibility index (Phi) is 5.02. The summed E-state index contributed by atoms with van der Waals surface area (Å²) in [5.74, 6) is -0.842. The van der Waals surface area contributed by atoms with Crippen molar-refractivity contribution in [1.29, 1.82) is 0 Å². The van der Waals surface area contributed by atoms with Crippen molar-refractivity contribution in [3.63, 3.8) is 0 Å². The fraction of sp³-hybridized carbons (Fsp3) is 0.0417. The molecule has 0 bridgehead atoms. The van der Waals surface area contributed by atoms with E-state index in [0.717, 1.165) is 15.8 Å². The molecule has 5 rings (SSSR count). The molecule has 0 radical (unpaired) electrons. The summed E-state index contributed by atoms with van der Waals surface area (Å²) in [6, 6.07) is 20.2. The molecule has 1 N–H and O–H groups in total. The zero-order valence-electron chi connectivity index (χ0n) is 16.1. The summed E-state index contributed by atoms with van der Waals surface area (Å²) in [7, 11) is 0. The van der Waals surface area contributed by atoms with Gasteiger partial charge in [0.05, 0.1) is 26.0 Å². The zero-order valence-corrected chi connectivity index (χ0v) is 17.7. The molecule has 5 aromatic rings. The number of nitrogens with one attached hydrogen (secondary N) is 1. The molecule has 5 nitrogen and oxygen atoms in total. The van der Waals surface area contributed by atoms with E-state index in [2.05, 4.69) is 9.97 Å². The molecule has 0 fully saturated rings. The molecule has 0 amide bonds. The molecular formula is C24H15ClN2O3S. The highest BCUT2D eigenvalue weighted by Crippen LogP contribution is 2.32.